The molecule has 2 aromatic carbocycles. The molecule has 0 spiro atoms. The molecular weight excluding hydrogens is 428 g/mol. The van der Waals surface area contributed by atoms with Gasteiger partial charge in [-0.15, -0.1) is 11.3 Å². The van der Waals surface area contributed by atoms with Crippen molar-refractivity contribution in [2.75, 3.05) is 38.4 Å². The predicted octanol–water partition coefficient (Wildman–Crippen LogP) is 4.18. The van der Waals surface area contributed by atoms with Gasteiger partial charge in [-0.3, -0.25) is 9.59 Å². The molecule has 0 atom stereocenters. The van der Waals surface area contributed by atoms with Gasteiger partial charge in [-0.2, -0.15) is 0 Å². The van der Waals surface area contributed by atoms with E-state index in [4.69, 9.17) is 14.2 Å². The Morgan fingerprint density at radius 1 is 1.00 bits per heavy atom. The Bertz CT molecular complexity index is 1170. The largest absolute Gasteiger partial charge is 0.454 e. The number of amides is 2. The van der Waals surface area contributed by atoms with E-state index < -0.39 is 0 Å². The Morgan fingerprint density at radius 3 is 2.53 bits per heavy atom. The fourth-order valence-corrected chi connectivity index (χ4v) is 5.06. The summed E-state index contributed by atoms with van der Waals surface area (Å²) in [6, 6.07) is 14.9. The summed E-state index contributed by atoms with van der Waals surface area (Å²) in [5.74, 6) is 0.753. The molecule has 2 amide bonds. The molecule has 8 heteroatoms. The molecule has 0 radical (unpaired) electrons. The third kappa shape index (κ3) is 3.83. The minimum absolute atomic E-state index is 0.0924. The lowest BCUT2D eigenvalue weighted by molar-refractivity contribution is 0.0303. The molecule has 164 valence electrons. The average Bonchev–Trinajstić information content (AvgIpc) is 3.43. The summed E-state index contributed by atoms with van der Waals surface area (Å²) < 4.78 is 16.1. The summed E-state index contributed by atoms with van der Waals surface area (Å²) in [4.78, 5) is 29.3. The molecule has 0 saturated carbocycles. The molecule has 32 heavy (non-hydrogen) atoms. The molecule has 1 aromatic heterocycles. The number of rotatable bonds is 4. The number of ether oxygens (including phenoxy) is 3. The monoisotopic (exact) mass is 450 g/mol. The second kappa shape index (κ2) is 8.64. The van der Waals surface area contributed by atoms with E-state index in [0.717, 1.165) is 16.0 Å². The van der Waals surface area contributed by atoms with Gasteiger partial charge in [0.25, 0.3) is 11.8 Å². The first kappa shape index (κ1) is 20.5. The van der Waals surface area contributed by atoms with Crippen LogP contribution in [0.1, 0.15) is 26.3 Å². The number of carbonyl (C=O) groups excluding carboxylic acids is 2. The molecule has 7 nitrogen and oxygen atoms in total. The van der Waals surface area contributed by atoms with E-state index in [1.807, 2.05) is 37.3 Å². The highest BCUT2D eigenvalue weighted by Gasteiger charge is 2.28. The van der Waals surface area contributed by atoms with Gasteiger partial charge < -0.3 is 24.4 Å². The second-order valence-electron chi connectivity index (χ2n) is 7.55. The zero-order valence-corrected chi connectivity index (χ0v) is 18.4. The predicted molar refractivity (Wildman–Crippen MR) is 122 cm³/mol. The maximum Gasteiger partial charge on any atom is 0.257 e. The zero-order valence-electron chi connectivity index (χ0n) is 17.6. The van der Waals surface area contributed by atoms with Crippen molar-refractivity contribution in [3.05, 3.63) is 65.2 Å². The number of nitrogens with zero attached hydrogens (tertiary/aromatic N) is 1. The Balaban J connectivity index is 1.51. The number of carbonyl (C=O) groups is 2. The van der Waals surface area contributed by atoms with Gasteiger partial charge in [-0.05, 0) is 36.2 Å². The molecular formula is C24H22N2O5S. The van der Waals surface area contributed by atoms with Gasteiger partial charge >= 0.3 is 0 Å². The fourth-order valence-electron chi connectivity index (χ4n) is 3.86. The maximum absolute atomic E-state index is 13.4. The van der Waals surface area contributed by atoms with E-state index in [0.29, 0.717) is 53.9 Å². The highest BCUT2D eigenvalue weighted by Crippen LogP contribution is 2.41. The number of thiophene rings is 1. The van der Waals surface area contributed by atoms with E-state index in [1.165, 1.54) is 11.3 Å². The third-order valence-corrected chi connectivity index (χ3v) is 6.81. The Kier molecular flexibility index (Phi) is 5.55. The fraction of sp³-hybridized carbons (Fsp3) is 0.250. The summed E-state index contributed by atoms with van der Waals surface area (Å²) in [5, 5.41) is 3.52. The first-order chi connectivity index (χ1) is 15.6. The van der Waals surface area contributed by atoms with E-state index in [9.17, 15) is 9.59 Å². The van der Waals surface area contributed by atoms with Crippen molar-refractivity contribution >= 4 is 28.2 Å². The minimum atomic E-state index is -0.305. The van der Waals surface area contributed by atoms with Gasteiger partial charge in [0.15, 0.2) is 11.5 Å². The smallest absolute Gasteiger partial charge is 0.257 e. The van der Waals surface area contributed by atoms with Gasteiger partial charge in [-0.25, -0.2) is 0 Å². The summed E-state index contributed by atoms with van der Waals surface area (Å²) in [6.07, 6.45) is 0. The van der Waals surface area contributed by atoms with Gasteiger partial charge in [0.05, 0.1) is 18.8 Å². The van der Waals surface area contributed by atoms with Gasteiger partial charge in [0.1, 0.15) is 5.00 Å². The standard InChI is InChI=1S/C24H22N2O5S/c1-15-20(24(28)26-9-11-29-12-10-26)23(32-21(15)16-5-3-2-4-6-16)25-22(27)17-7-8-18-19(13-17)31-14-30-18/h2-8,13H,9-12,14H2,1H3,(H,25,27). The third-order valence-electron chi connectivity index (χ3n) is 5.56. The highest BCUT2D eigenvalue weighted by molar-refractivity contribution is 7.20. The van der Waals surface area contributed by atoms with Crippen LogP contribution < -0.4 is 14.8 Å². The molecule has 1 saturated heterocycles. The van der Waals surface area contributed by atoms with E-state index in [-0.39, 0.29) is 18.6 Å². The first-order valence-corrected chi connectivity index (χ1v) is 11.2. The van der Waals surface area contributed by atoms with Gasteiger partial charge in [-0.1, -0.05) is 30.3 Å². The SMILES string of the molecule is Cc1c(-c2ccccc2)sc(NC(=O)c2ccc3c(c2)OCO3)c1C(=O)N1CCOCC1. The van der Waals surface area contributed by atoms with Crippen LogP contribution >= 0.6 is 11.3 Å². The second-order valence-corrected chi connectivity index (χ2v) is 8.57. The molecule has 0 aliphatic carbocycles. The molecule has 2 aliphatic rings. The average molecular weight is 451 g/mol. The normalized spacial score (nSPS) is 15.0. The lowest BCUT2D eigenvalue weighted by Gasteiger charge is -2.27. The molecule has 3 heterocycles. The number of fused-ring (bicyclic) bond motifs is 1. The van der Waals surface area contributed by atoms with E-state index >= 15 is 0 Å². The number of hydrogen-bond donors (Lipinski definition) is 1. The van der Waals surface area contributed by atoms with Crippen LogP contribution in [0.25, 0.3) is 10.4 Å². The molecule has 0 unspecified atom stereocenters. The van der Waals surface area contributed by atoms with E-state index in [2.05, 4.69) is 5.32 Å². The van der Waals surface area contributed by atoms with Crippen molar-refractivity contribution in [3.63, 3.8) is 0 Å². The number of morpholine rings is 1. The van der Waals surface area contributed by atoms with Crippen LogP contribution in [0.15, 0.2) is 48.5 Å². The van der Waals surface area contributed by atoms with Crippen molar-refractivity contribution in [3.8, 4) is 21.9 Å². The molecule has 1 fully saturated rings. The van der Waals surface area contributed by atoms with Crippen LogP contribution in [0.2, 0.25) is 0 Å². The van der Waals surface area contributed by atoms with Gasteiger partial charge in [0, 0.05) is 23.5 Å². The van der Waals surface area contributed by atoms with Crippen LogP contribution in [0.4, 0.5) is 5.00 Å². The quantitative estimate of drug-likeness (QED) is 0.645. The number of nitrogens with one attached hydrogen (secondary N) is 1. The van der Waals surface area contributed by atoms with Crippen molar-refractivity contribution in [2.24, 2.45) is 0 Å². The summed E-state index contributed by atoms with van der Waals surface area (Å²) in [5.41, 5.74) is 2.84. The molecule has 3 aromatic rings. The minimum Gasteiger partial charge on any atom is -0.454 e. The van der Waals surface area contributed by atoms with E-state index in [1.54, 1.807) is 23.1 Å². The summed E-state index contributed by atoms with van der Waals surface area (Å²) in [7, 11) is 0. The number of hydrogen-bond acceptors (Lipinski definition) is 6. The Hall–Kier alpha value is -3.36. The zero-order chi connectivity index (χ0) is 22.1. The highest BCUT2D eigenvalue weighted by atomic mass is 32.1. The Labute approximate surface area is 189 Å². The Morgan fingerprint density at radius 2 is 1.75 bits per heavy atom. The lowest BCUT2D eigenvalue weighted by atomic mass is 10.1. The lowest BCUT2D eigenvalue weighted by Crippen LogP contribution is -2.41. The first-order valence-electron chi connectivity index (χ1n) is 10.4. The van der Waals surface area contributed by atoms with Crippen LogP contribution in [0, 0.1) is 6.92 Å². The molecule has 2 aliphatic heterocycles. The summed E-state index contributed by atoms with van der Waals surface area (Å²) >= 11 is 1.41. The number of anilines is 1. The van der Waals surface area contributed by atoms with Gasteiger partial charge in [0.2, 0.25) is 6.79 Å². The van der Waals surface area contributed by atoms with Crippen LogP contribution in [0.3, 0.4) is 0 Å². The number of benzene rings is 2. The molecule has 0 bridgehead atoms. The molecule has 1 N–H and O–H groups in total. The van der Waals surface area contributed by atoms with Crippen LogP contribution in [-0.2, 0) is 4.74 Å². The maximum atomic E-state index is 13.4. The van der Waals surface area contributed by atoms with Crippen LogP contribution in [0.5, 0.6) is 11.5 Å². The van der Waals surface area contributed by atoms with Crippen molar-refractivity contribution < 1.29 is 23.8 Å². The van der Waals surface area contributed by atoms with Crippen LogP contribution in [-0.4, -0.2) is 49.8 Å². The topological polar surface area (TPSA) is 77.1 Å². The summed E-state index contributed by atoms with van der Waals surface area (Å²) in [6.45, 7) is 4.17. The van der Waals surface area contributed by atoms with Crippen molar-refractivity contribution in [1.82, 2.24) is 4.90 Å². The van der Waals surface area contributed by atoms with Crippen molar-refractivity contribution in [2.45, 2.75) is 6.92 Å². The molecule has 5 rings (SSSR count). The van der Waals surface area contributed by atoms with Crippen molar-refractivity contribution in [1.29, 1.82) is 0 Å².